The molecule has 1 fully saturated rings. The van der Waals surface area contributed by atoms with E-state index in [-0.39, 0.29) is 0 Å². The van der Waals surface area contributed by atoms with Crippen LogP contribution in [0, 0.1) is 16.7 Å². The van der Waals surface area contributed by atoms with Crippen LogP contribution >= 0.6 is 0 Å². The highest BCUT2D eigenvalue weighted by atomic mass is 16.4. The molecule has 1 aliphatic heterocycles. The number of hydrogen-bond acceptors (Lipinski definition) is 3. The molecule has 1 N–H and O–H groups in total. The third-order valence-corrected chi connectivity index (χ3v) is 2.61. The third kappa shape index (κ3) is 2.19. The lowest BCUT2D eigenvalue weighted by Gasteiger charge is -2.18. The summed E-state index contributed by atoms with van der Waals surface area (Å²) in [4.78, 5) is 12.9. The van der Waals surface area contributed by atoms with E-state index >= 15 is 0 Å². The minimum absolute atomic E-state index is 0.482. The lowest BCUT2D eigenvalue weighted by atomic mass is 9.90. The second-order valence-corrected chi connectivity index (χ2v) is 3.80. The van der Waals surface area contributed by atoms with Crippen molar-refractivity contribution in [2.75, 3.05) is 19.6 Å². The van der Waals surface area contributed by atoms with Crippen LogP contribution in [0.2, 0.25) is 0 Å². The lowest BCUT2D eigenvalue weighted by Crippen LogP contribution is -2.32. The molecule has 13 heavy (non-hydrogen) atoms. The molecule has 1 atom stereocenters. The van der Waals surface area contributed by atoms with Crippen LogP contribution < -0.4 is 0 Å². The fraction of sp³-hybridized carbons (Fsp3) is 0.778. The van der Waals surface area contributed by atoms with Crippen molar-refractivity contribution in [2.45, 2.75) is 19.8 Å². The number of carboxylic acids is 1. The van der Waals surface area contributed by atoms with Crippen molar-refractivity contribution < 1.29 is 9.90 Å². The Balaban J connectivity index is 2.45. The third-order valence-electron chi connectivity index (χ3n) is 2.61. The monoisotopic (exact) mass is 182 g/mol. The molecule has 1 rings (SSSR count). The molecule has 0 bridgehead atoms. The molecule has 1 aliphatic rings. The smallest absolute Gasteiger partial charge is 0.310 e. The van der Waals surface area contributed by atoms with Gasteiger partial charge in [-0.2, -0.15) is 5.26 Å². The van der Waals surface area contributed by atoms with Gasteiger partial charge >= 0.3 is 5.97 Å². The first-order valence-electron chi connectivity index (χ1n) is 4.41. The molecular weight excluding hydrogens is 168 g/mol. The van der Waals surface area contributed by atoms with Gasteiger partial charge in [0.15, 0.2) is 0 Å². The van der Waals surface area contributed by atoms with Gasteiger partial charge in [0.05, 0.1) is 11.5 Å². The highest BCUT2D eigenvalue weighted by Gasteiger charge is 2.39. The van der Waals surface area contributed by atoms with E-state index in [0.29, 0.717) is 25.9 Å². The molecule has 1 saturated heterocycles. The van der Waals surface area contributed by atoms with Crippen molar-refractivity contribution in [3.63, 3.8) is 0 Å². The summed E-state index contributed by atoms with van der Waals surface area (Å²) in [6, 6.07) is 2.06. The second-order valence-electron chi connectivity index (χ2n) is 3.80. The number of rotatable bonds is 3. The second kappa shape index (κ2) is 3.75. The molecule has 0 spiro atoms. The van der Waals surface area contributed by atoms with E-state index in [1.54, 1.807) is 6.92 Å². The average molecular weight is 182 g/mol. The van der Waals surface area contributed by atoms with Crippen molar-refractivity contribution >= 4 is 5.97 Å². The highest BCUT2D eigenvalue weighted by molar-refractivity contribution is 5.74. The van der Waals surface area contributed by atoms with E-state index in [2.05, 4.69) is 6.07 Å². The first kappa shape index (κ1) is 10.0. The minimum atomic E-state index is -0.730. The largest absolute Gasteiger partial charge is 0.481 e. The SMILES string of the molecule is CC1(C(=O)O)CCN(CCC#N)C1. The van der Waals surface area contributed by atoms with Gasteiger partial charge in [0.25, 0.3) is 0 Å². The fourth-order valence-electron chi connectivity index (χ4n) is 1.63. The predicted octanol–water partition coefficient (Wildman–Crippen LogP) is 0.697. The minimum Gasteiger partial charge on any atom is -0.481 e. The van der Waals surface area contributed by atoms with Gasteiger partial charge in [-0.15, -0.1) is 0 Å². The number of nitrogens with zero attached hydrogens (tertiary/aromatic N) is 2. The summed E-state index contributed by atoms with van der Waals surface area (Å²) in [6.45, 7) is 3.83. The van der Waals surface area contributed by atoms with E-state index in [1.807, 2.05) is 4.90 Å². The standard InChI is InChI=1S/C9H14N2O2/c1-9(8(12)13)3-6-11(7-9)5-2-4-10/h2-3,5-7H2,1H3,(H,12,13). The first-order valence-corrected chi connectivity index (χ1v) is 4.41. The number of nitriles is 1. The fourth-order valence-corrected chi connectivity index (χ4v) is 1.63. The van der Waals surface area contributed by atoms with Crippen LogP contribution in [0.5, 0.6) is 0 Å². The predicted molar refractivity (Wildman–Crippen MR) is 47.0 cm³/mol. The Bertz CT molecular complexity index is 246. The molecule has 4 nitrogen and oxygen atoms in total. The zero-order valence-electron chi connectivity index (χ0n) is 7.79. The zero-order chi connectivity index (χ0) is 9.90. The Morgan fingerprint density at radius 1 is 1.77 bits per heavy atom. The maximum absolute atomic E-state index is 10.9. The van der Waals surface area contributed by atoms with Crippen LogP contribution in [0.1, 0.15) is 19.8 Å². The Morgan fingerprint density at radius 3 is 2.92 bits per heavy atom. The number of aliphatic carboxylic acids is 1. The Labute approximate surface area is 77.8 Å². The van der Waals surface area contributed by atoms with E-state index in [1.165, 1.54) is 0 Å². The number of carboxylic acid groups (broad SMARTS) is 1. The van der Waals surface area contributed by atoms with E-state index in [4.69, 9.17) is 10.4 Å². The molecule has 0 radical (unpaired) electrons. The van der Waals surface area contributed by atoms with Crippen molar-refractivity contribution in [1.82, 2.24) is 4.90 Å². The van der Waals surface area contributed by atoms with Gasteiger partial charge in [-0.05, 0) is 19.9 Å². The number of likely N-dealkylation sites (tertiary alicyclic amines) is 1. The molecule has 0 aromatic rings. The van der Waals surface area contributed by atoms with Crippen LogP contribution in [0.25, 0.3) is 0 Å². The first-order chi connectivity index (χ1) is 6.08. The molecule has 0 aromatic heterocycles. The lowest BCUT2D eigenvalue weighted by molar-refractivity contribution is -0.147. The van der Waals surface area contributed by atoms with Crippen LogP contribution in [0.4, 0.5) is 0 Å². The van der Waals surface area contributed by atoms with Crippen molar-refractivity contribution in [1.29, 1.82) is 5.26 Å². The van der Waals surface area contributed by atoms with Crippen LogP contribution in [0.3, 0.4) is 0 Å². The molecular formula is C9H14N2O2. The maximum Gasteiger partial charge on any atom is 0.310 e. The molecule has 0 aromatic carbocycles. The summed E-state index contributed by atoms with van der Waals surface area (Å²) in [5.41, 5.74) is -0.602. The summed E-state index contributed by atoms with van der Waals surface area (Å²) in [6.07, 6.45) is 1.17. The van der Waals surface area contributed by atoms with Crippen LogP contribution in [-0.4, -0.2) is 35.6 Å². The summed E-state index contributed by atoms with van der Waals surface area (Å²) in [7, 11) is 0. The van der Waals surface area contributed by atoms with E-state index in [9.17, 15) is 4.79 Å². The highest BCUT2D eigenvalue weighted by Crippen LogP contribution is 2.29. The van der Waals surface area contributed by atoms with Gasteiger partial charge in [0.2, 0.25) is 0 Å². The van der Waals surface area contributed by atoms with Gasteiger partial charge < -0.3 is 10.0 Å². The van der Waals surface area contributed by atoms with Crippen molar-refractivity contribution in [3.05, 3.63) is 0 Å². The van der Waals surface area contributed by atoms with E-state index < -0.39 is 11.4 Å². The number of hydrogen-bond donors (Lipinski definition) is 1. The van der Waals surface area contributed by atoms with Gasteiger partial charge in [0.1, 0.15) is 0 Å². The Morgan fingerprint density at radius 2 is 2.46 bits per heavy atom. The molecule has 4 heteroatoms. The van der Waals surface area contributed by atoms with Crippen molar-refractivity contribution in [2.24, 2.45) is 5.41 Å². The zero-order valence-corrected chi connectivity index (χ0v) is 7.79. The summed E-state index contributed by atoms with van der Waals surface area (Å²) in [5, 5.41) is 17.3. The Kier molecular flexibility index (Phi) is 2.89. The average Bonchev–Trinajstić information content (AvgIpc) is 2.45. The molecule has 1 unspecified atom stereocenters. The van der Waals surface area contributed by atoms with E-state index in [0.717, 1.165) is 6.54 Å². The van der Waals surface area contributed by atoms with Gasteiger partial charge in [-0.3, -0.25) is 4.79 Å². The molecule has 72 valence electrons. The van der Waals surface area contributed by atoms with Gasteiger partial charge in [-0.1, -0.05) is 0 Å². The van der Waals surface area contributed by atoms with Gasteiger partial charge in [-0.25, -0.2) is 0 Å². The normalized spacial score (nSPS) is 28.6. The molecule has 0 aliphatic carbocycles. The molecule has 0 amide bonds. The molecule has 0 saturated carbocycles. The Hall–Kier alpha value is -1.08. The summed E-state index contributed by atoms with van der Waals surface area (Å²) in [5.74, 6) is -0.730. The summed E-state index contributed by atoms with van der Waals surface area (Å²) < 4.78 is 0. The van der Waals surface area contributed by atoms with Crippen molar-refractivity contribution in [3.8, 4) is 6.07 Å². The topological polar surface area (TPSA) is 64.3 Å². The quantitative estimate of drug-likeness (QED) is 0.697. The van der Waals surface area contributed by atoms with Gasteiger partial charge in [0, 0.05) is 19.5 Å². The summed E-state index contributed by atoms with van der Waals surface area (Å²) >= 11 is 0. The number of carbonyl (C=O) groups is 1. The maximum atomic E-state index is 10.9. The van der Waals surface area contributed by atoms with Crippen LogP contribution in [0.15, 0.2) is 0 Å². The van der Waals surface area contributed by atoms with Crippen LogP contribution in [-0.2, 0) is 4.79 Å². The molecule has 1 heterocycles.